The Morgan fingerprint density at radius 1 is 1.17 bits per heavy atom. The smallest absolute Gasteiger partial charge is 0.338 e. The van der Waals surface area contributed by atoms with Crippen LogP contribution in [0.1, 0.15) is 27.6 Å². The molecule has 2 aromatic rings. The number of amides is 1. The lowest BCUT2D eigenvalue weighted by atomic mass is 10.1. The van der Waals surface area contributed by atoms with Crippen LogP contribution >= 0.6 is 28.1 Å². The number of nitrogens with one attached hydrogen (secondary N) is 2. The summed E-state index contributed by atoms with van der Waals surface area (Å²) in [6.45, 7) is 4.70. The second-order valence-electron chi connectivity index (χ2n) is 6.47. The number of thiocarbonyl (C=S) groups is 1. The summed E-state index contributed by atoms with van der Waals surface area (Å²) >= 11 is 8.70. The fourth-order valence-corrected chi connectivity index (χ4v) is 3.62. The second-order valence-corrected chi connectivity index (χ2v) is 7.79. The van der Waals surface area contributed by atoms with E-state index in [1.165, 1.54) is 0 Å². The van der Waals surface area contributed by atoms with Crippen molar-refractivity contribution >= 4 is 56.5 Å². The SMILES string of the molecule is CCOC(=O)c1ccc(N2CCOCC2)c(NC(=S)NC(=O)c2cccc(Br)c2)c1. The molecule has 1 fully saturated rings. The molecule has 0 unspecified atom stereocenters. The molecule has 0 saturated carbocycles. The molecule has 1 aliphatic rings. The van der Waals surface area contributed by atoms with Gasteiger partial charge in [-0.3, -0.25) is 10.1 Å². The molecule has 1 aliphatic heterocycles. The van der Waals surface area contributed by atoms with Crippen molar-refractivity contribution in [3.63, 3.8) is 0 Å². The highest BCUT2D eigenvalue weighted by Gasteiger charge is 2.19. The minimum Gasteiger partial charge on any atom is -0.462 e. The van der Waals surface area contributed by atoms with E-state index in [-0.39, 0.29) is 17.6 Å². The Labute approximate surface area is 188 Å². The van der Waals surface area contributed by atoms with Crippen LogP contribution in [0.5, 0.6) is 0 Å². The van der Waals surface area contributed by atoms with E-state index < -0.39 is 5.97 Å². The van der Waals surface area contributed by atoms with Gasteiger partial charge >= 0.3 is 5.97 Å². The summed E-state index contributed by atoms with van der Waals surface area (Å²) in [4.78, 5) is 26.8. The van der Waals surface area contributed by atoms with E-state index in [1.807, 2.05) is 12.1 Å². The van der Waals surface area contributed by atoms with E-state index in [9.17, 15) is 9.59 Å². The lowest BCUT2D eigenvalue weighted by Gasteiger charge is -2.31. The van der Waals surface area contributed by atoms with Crippen molar-refractivity contribution < 1.29 is 19.1 Å². The molecule has 0 aliphatic carbocycles. The summed E-state index contributed by atoms with van der Waals surface area (Å²) in [5.41, 5.74) is 2.35. The highest BCUT2D eigenvalue weighted by Crippen LogP contribution is 2.28. The molecule has 9 heteroatoms. The van der Waals surface area contributed by atoms with Crippen molar-refractivity contribution in [1.82, 2.24) is 5.32 Å². The number of ether oxygens (including phenoxy) is 2. The number of morpholine rings is 1. The van der Waals surface area contributed by atoms with E-state index in [0.29, 0.717) is 43.1 Å². The molecule has 1 amide bonds. The number of anilines is 2. The minimum absolute atomic E-state index is 0.135. The van der Waals surface area contributed by atoms with Crippen molar-refractivity contribution in [2.45, 2.75) is 6.92 Å². The number of hydrogen-bond acceptors (Lipinski definition) is 6. The van der Waals surface area contributed by atoms with Gasteiger partial charge in [0.15, 0.2) is 5.11 Å². The predicted octanol–water partition coefficient (Wildman–Crippen LogP) is 3.59. The molecule has 1 saturated heterocycles. The highest BCUT2D eigenvalue weighted by atomic mass is 79.9. The average Bonchev–Trinajstić information content (AvgIpc) is 2.74. The van der Waals surface area contributed by atoms with Gasteiger partial charge < -0.3 is 19.7 Å². The predicted molar refractivity (Wildman–Crippen MR) is 123 cm³/mol. The highest BCUT2D eigenvalue weighted by molar-refractivity contribution is 9.10. The topological polar surface area (TPSA) is 79.9 Å². The van der Waals surface area contributed by atoms with Crippen LogP contribution in [0.2, 0.25) is 0 Å². The molecular formula is C21H22BrN3O4S. The lowest BCUT2D eigenvalue weighted by Crippen LogP contribution is -2.38. The Bertz CT molecular complexity index is 948. The first kappa shape index (κ1) is 22.2. The normalized spacial score (nSPS) is 13.5. The Morgan fingerprint density at radius 2 is 1.93 bits per heavy atom. The molecular weight excluding hydrogens is 470 g/mol. The van der Waals surface area contributed by atoms with Gasteiger partial charge in [-0.05, 0) is 55.5 Å². The number of nitrogens with zero attached hydrogens (tertiary/aromatic N) is 1. The van der Waals surface area contributed by atoms with Gasteiger partial charge in [0.2, 0.25) is 0 Å². The summed E-state index contributed by atoms with van der Waals surface area (Å²) < 4.78 is 11.3. The first-order valence-electron chi connectivity index (χ1n) is 9.49. The van der Waals surface area contributed by atoms with Crippen molar-refractivity contribution in [3.8, 4) is 0 Å². The molecule has 7 nitrogen and oxygen atoms in total. The van der Waals surface area contributed by atoms with E-state index >= 15 is 0 Å². The van der Waals surface area contributed by atoms with Crippen LogP contribution in [0, 0.1) is 0 Å². The van der Waals surface area contributed by atoms with Gasteiger partial charge in [0.1, 0.15) is 0 Å². The number of hydrogen-bond donors (Lipinski definition) is 2. The molecule has 0 spiro atoms. The summed E-state index contributed by atoms with van der Waals surface area (Å²) in [5, 5.41) is 5.87. The summed E-state index contributed by atoms with van der Waals surface area (Å²) in [7, 11) is 0. The Morgan fingerprint density at radius 3 is 2.63 bits per heavy atom. The second kappa shape index (κ2) is 10.5. The molecule has 158 valence electrons. The summed E-state index contributed by atoms with van der Waals surface area (Å²) in [6, 6.07) is 12.3. The average molecular weight is 492 g/mol. The van der Waals surface area contributed by atoms with Gasteiger partial charge in [-0.1, -0.05) is 22.0 Å². The third kappa shape index (κ3) is 5.78. The lowest BCUT2D eigenvalue weighted by molar-refractivity contribution is 0.0526. The van der Waals surface area contributed by atoms with Crippen LogP contribution in [0.15, 0.2) is 46.9 Å². The van der Waals surface area contributed by atoms with E-state index in [1.54, 1.807) is 37.3 Å². The first-order chi connectivity index (χ1) is 14.5. The molecule has 30 heavy (non-hydrogen) atoms. The van der Waals surface area contributed by atoms with Crippen molar-refractivity contribution in [1.29, 1.82) is 0 Å². The Hall–Kier alpha value is -2.49. The van der Waals surface area contributed by atoms with Gasteiger partial charge in [-0.2, -0.15) is 0 Å². The Balaban J connectivity index is 1.80. The number of halogens is 1. The standard InChI is InChI=1S/C21H22BrN3O4S/c1-2-29-20(27)15-6-7-18(25-8-10-28-11-9-25)17(13-15)23-21(30)24-19(26)14-4-3-5-16(22)12-14/h3-7,12-13H,2,8-11H2,1H3,(H2,23,24,26,30). The maximum atomic E-state index is 12.5. The van der Waals surface area contributed by atoms with E-state index in [4.69, 9.17) is 21.7 Å². The maximum absolute atomic E-state index is 12.5. The van der Waals surface area contributed by atoms with E-state index in [2.05, 4.69) is 31.5 Å². The van der Waals surface area contributed by atoms with Gasteiger partial charge in [-0.15, -0.1) is 0 Å². The molecule has 2 aromatic carbocycles. The molecule has 0 aromatic heterocycles. The van der Waals surface area contributed by atoms with Crippen molar-refractivity contribution in [2.75, 3.05) is 43.1 Å². The number of rotatable bonds is 5. The van der Waals surface area contributed by atoms with E-state index in [0.717, 1.165) is 10.2 Å². The number of carbonyl (C=O) groups is 2. The maximum Gasteiger partial charge on any atom is 0.338 e. The molecule has 2 N–H and O–H groups in total. The first-order valence-corrected chi connectivity index (χ1v) is 10.7. The zero-order chi connectivity index (χ0) is 21.5. The van der Waals surface area contributed by atoms with Crippen LogP contribution < -0.4 is 15.5 Å². The molecule has 1 heterocycles. The van der Waals surface area contributed by atoms with Gasteiger partial charge in [0, 0.05) is 23.1 Å². The largest absolute Gasteiger partial charge is 0.462 e. The van der Waals surface area contributed by atoms with Crippen molar-refractivity contribution in [2.24, 2.45) is 0 Å². The van der Waals surface area contributed by atoms with Crippen LogP contribution in [0.3, 0.4) is 0 Å². The van der Waals surface area contributed by atoms with Gasteiger partial charge in [0.25, 0.3) is 5.91 Å². The van der Waals surface area contributed by atoms with Gasteiger partial charge in [-0.25, -0.2) is 4.79 Å². The van der Waals surface area contributed by atoms with Crippen molar-refractivity contribution in [3.05, 3.63) is 58.1 Å². The van der Waals surface area contributed by atoms with Gasteiger partial charge in [0.05, 0.1) is 36.8 Å². The summed E-state index contributed by atoms with van der Waals surface area (Å²) in [5.74, 6) is -0.749. The molecule has 0 radical (unpaired) electrons. The zero-order valence-corrected chi connectivity index (χ0v) is 18.8. The molecule has 0 bridgehead atoms. The third-order valence-corrected chi connectivity index (χ3v) is 5.12. The third-order valence-electron chi connectivity index (χ3n) is 4.42. The summed E-state index contributed by atoms with van der Waals surface area (Å²) in [6.07, 6.45) is 0. The molecule has 3 rings (SSSR count). The zero-order valence-electron chi connectivity index (χ0n) is 16.4. The van der Waals surface area contributed by atoms with Crippen LogP contribution in [0.25, 0.3) is 0 Å². The van der Waals surface area contributed by atoms with Crippen LogP contribution in [-0.2, 0) is 9.47 Å². The minimum atomic E-state index is -0.418. The molecule has 0 atom stereocenters. The quantitative estimate of drug-likeness (QED) is 0.488. The fraction of sp³-hybridized carbons (Fsp3) is 0.286. The number of esters is 1. The Kier molecular flexibility index (Phi) is 7.78. The number of carbonyl (C=O) groups excluding carboxylic acids is 2. The van der Waals surface area contributed by atoms with Crippen LogP contribution in [-0.4, -0.2) is 49.9 Å². The fourth-order valence-electron chi connectivity index (χ4n) is 3.02. The van der Waals surface area contributed by atoms with Crippen LogP contribution in [0.4, 0.5) is 11.4 Å². The monoisotopic (exact) mass is 491 g/mol. The number of benzene rings is 2.